The Balaban J connectivity index is 4.04. The van der Waals surface area contributed by atoms with E-state index in [1.807, 2.05) is 32.6 Å². The highest BCUT2D eigenvalue weighted by Crippen LogP contribution is 1.97. The molecule has 0 fully saturated rings. The van der Waals surface area contributed by atoms with Gasteiger partial charge in [-0.15, -0.1) is 0 Å². The van der Waals surface area contributed by atoms with Crippen molar-refractivity contribution in [3.63, 3.8) is 0 Å². The first-order valence-electron chi connectivity index (χ1n) is 5.83. The number of hydrogen-bond acceptors (Lipinski definition) is 4. The number of hydrogen-bond donors (Lipinski definition) is 3. The van der Waals surface area contributed by atoms with Gasteiger partial charge < -0.3 is 11.1 Å². The van der Waals surface area contributed by atoms with Crippen molar-refractivity contribution < 1.29 is 9.59 Å². The summed E-state index contributed by atoms with van der Waals surface area (Å²) in [5.41, 5.74) is 5.06. The fourth-order valence-corrected chi connectivity index (χ4v) is 1.27. The molecule has 0 atom stereocenters. The van der Waals surface area contributed by atoms with Crippen molar-refractivity contribution in [2.45, 2.75) is 33.2 Å². The molecule has 0 aromatic rings. The first-order valence-corrected chi connectivity index (χ1v) is 5.83. The lowest BCUT2D eigenvalue weighted by molar-refractivity contribution is -0.121. The van der Waals surface area contributed by atoms with Gasteiger partial charge in [-0.05, 0) is 27.3 Å². The van der Waals surface area contributed by atoms with Crippen LogP contribution in [0.1, 0.15) is 27.7 Å². The Morgan fingerprint density at radius 2 is 1.88 bits per heavy atom. The van der Waals surface area contributed by atoms with Gasteiger partial charge in [0.1, 0.15) is 0 Å². The third-order valence-electron chi connectivity index (χ3n) is 2.00. The van der Waals surface area contributed by atoms with Crippen molar-refractivity contribution in [2.24, 2.45) is 5.73 Å². The van der Waals surface area contributed by atoms with E-state index in [2.05, 4.69) is 10.6 Å². The number of nitrogens with two attached hydrogens (primary N) is 1. The number of carbonyl (C=O) groups is 2. The molecule has 0 aromatic heterocycles. The largest absolute Gasteiger partial charge is 0.333 e. The van der Waals surface area contributed by atoms with Gasteiger partial charge >= 0.3 is 6.03 Å². The van der Waals surface area contributed by atoms with Crippen LogP contribution in [0.3, 0.4) is 0 Å². The van der Waals surface area contributed by atoms with Crippen LogP contribution in [0.25, 0.3) is 0 Å². The highest BCUT2D eigenvalue weighted by Gasteiger charge is 2.16. The molecule has 6 heteroatoms. The summed E-state index contributed by atoms with van der Waals surface area (Å²) in [6.07, 6.45) is 0. The Hall–Kier alpha value is -1.14. The van der Waals surface area contributed by atoms with E-state index in [-0.39, 0.29) is 18.0 Å². The zero-order valence-corrected chi connectivity index (χ0v) is 11.2. The van der Waals surface area contributed by atoms with Gasteiger partial charge in [-0.2, -0.15) is 0 Å². The zero-order chi connectivity index (χ0) is 13.5. The molecule has 0 rings (SSSR count). The van der Waals surface area contributed by atoms with Crippen LogP contribution in [0.15, 0.2) is 0 Å². The van der Waals surface area contributed by atoms with Crippen molar-refractivity contribution in [3.8, 4) is 0 Å². The average molecular weight is 244 g/mol. The van der Waals surface area contributed by atoms with Gasteiger partial charge in [0.05, 0.1) is 6.54 Å². The minimum absolute atomic E-state index is 0.186. The molecule has 0 aliphatic carbocycles. The van der Waals surface area contributed by atoms with Crippen molar-refractivity contribution in [3.05, 3.63) is 0 Å². The molecule has 0 radical (unpaired) electrons. The molecule has 4 N–H and O–H groups in total. The second kappa shape index (κ2) is 7.24. The van der Waals surface area contributed by atoms with Crippen LogP contribution in [-0.2, 0) is 4.79 Å². The van der Waals surface area contributed by atoms with E-state index in [0.717, 1.165) is 6.54 Å². The predicted octanol–water partition coefficient (Wildman–Crippen LogP) is -0.109. The van der Waals surface area contributed by atoms with Crippen molar-refractivity contribution in [1.29, 1.82) is 0 Å². The first-order chi connectivity index (χ1) is 7.78. The third-order valence-corrected chi connectivity index (χ3v) is 2.00. The summed E-state index contributed by atoms with van der Waals surface area (Å²) in [4.78, 5) is 24.8. The molecule has 0 aromatic carbocycles. The fourth-order valence-electron chi connectivity index (χ4n) is 1.27. The van der Waals surface area contributed by atoms with Crippen molar-refractivity contribution in [2.75, 3.05) is 26.2 Å². The summed E-state index contributed by atoms with van der Waals surface area (Å²) in [6.45, 7) is 9.55. The fraction of sp³-hybridized carbons (Fsp3) is 0.818. The molecule has 0 heterocycles. The molecule has 0 unspecified atom stereocenters. The van der Waals surface area contributed by atoms with Crippen LogP contribution in [0.2, 0.25) is 0 Å². The molecule has 17 heavy (non-hydrogen) atoms. The normalized spacial score (nSPS) is 11.4. The van der Waals surface area contributed by atoms with Crippen LogP contribution in [0.5, 0.6) is 0 Å². The molecule has 0 spiro atoms. The minimum atomic E-state index is -0.466. The lowest BCUT2D eigenvalue weighted by Gasteiger charge is -2.22. The molecule has 0 saturated heterocycles. The molecule has 6 nitrogen and oxygen atoms in total. The molecule has 0 aliphatic rings. The Morgan fingerprint density at radius 3 is 2.29 bits per heavy atom. The van der Waals surface area contributed by atoms with Gasteiger partial charge in [0.15, 0.2) is 0 Å². The van der Waals surface area contributed by atoms with Crippen LogP contribution < -0.4 is 16.4 Å². The predicted molar refractivity (Wildman–Crippen MR) is 67.6 cm³/mol. The average Bonchev–Trinajstić information content (AvgIpc) is 2.13. The quantitative estimate of drug-likeness (QED) is 0.630. The number of imide groups is 1. The maximum atomic E-state index is 11.5. The monoisotopic (exact) mass is 244 g/mol. The number of nitrogens with one attached hydrogen (secondary N) is 2. The highest BCUT2D eigenvalue weighted by atomic mass is 16.2. The van der Waals surface area contributed by atoms with Crippen LogP contribution >= 0.6 is 0 Å². The van der Waals surface area contributed by atoms with E-state index in [1.54, 1.807) is 0 Å². The van der Waals surface area contributed by atoms with Gasteiger partial charge in [0.25, 0.3) is 0 Å². The maximum absolute atomic E-state index is 11.5. The number of rotatable bonds is 5. The lowest BCUT2D eigenvalue weighted by Crippen LogP contribution is -2.50. The van der Waals surface area contributed by atoms with Crippen LogP contribution in [0.4, 0.5) is 4.79 Å². The highest BCUT2D eigenvalue weighted by molar-refractivity contribution is 5.95. The van der Waals surface area contributed by atoms with Gasteiger partial charge in [0, 0.05) is 18.6 Å². The minimum Gasteiger partial charge on any atom is -0.333 e. The topological polar surface area (TPSA) is 87.5 Å². The molecule has 0 aliphatic heterocycles. The summed E-state index contributed by atoms with van der Waals surface area (Å²) in [5.74, 6) is -0.318. The van der Waals surface area contributed by atoms with Crippen LogP contribution in [-0.4, -0.2) is 48.6 Å². The van der Waals surface area contributed by atoms with E-state index in [9.17, 15) is 9.59 Å². The Kier molecular flexibility index (Phi) is 6.75. The Labute approximate surface area is 103 Å². The summed E-state index contributed by atoms with van der Waals surface area (Å²) in [7, 11) is 0. The second-order valence-corrected chi connectivity index (χ2v) is 4.91. The van der Waals surface area contributed by atoms with E-state index in [4.69, 9.17) is 5.73 Å². The number of carbonyl (C=O) groups excluding carboxylic acids is 2. The Bertz CT molecular complexity index is 261. The summed E-state index contributed by atoms with van der Waals surface area (Å²) in [5, 5.41) is 4.95. The molecular formula is C11H24N4O2. The molecule has 100 valence electrons. The van der Waals surface area contributed by atoms with Crippen molar-refractivity contribution >= 4 is 11.9 Å². The molecule has 0 bridgehead atoms. The molecular weight excluding hydrogens is 220 g/mol. The van der Waals surface area contributed by atoms with Gasteiger partial charge in [0.2, 0.25) is 5.91 Å². The molecule has 0 saturated carbocycles. The van der Waals surface area contributed by atoms with E-state index in [1.165, 1.54) is 0 Å². The lowest BCUT2D eigenvalue weighted by atomic mass is 10.1. The SMILES string of the molecule is CCN(CCN)CC(=O)NC(=O)NC(C)(C)C. The summed E-state index contributed by atoms with van der Waals surface area (Å²) in [6, 6.07) is -0.466. The van der Waals surface area contributed by atoms with Crippen LogP contribution in [0, 0.1) is 0 Å². The molecule has 3 amide bonds. The smallest absolute Gasteiger partial charge is 0.321 e. The number of nitrogens with zero attached hydrogens (tertiary/aromatic N) is 1. The summed E-state index contributed by atoms with van der Waals surface area (Å²) < 4.78 is 0. The standard InChI is InChI=1S/C11H24N4O2/c1-5-15(7-6-12)8-9(16)13-10(17)14-11(2,3)4/h5-8,12H2,1-4H3,(H2,13,14,16,17). The van der Waals surface area contributed by atoms with Gasteiger partial charge in [-0.25, -0.2) is 4.79 Å². The van der Waals surface area contributed by atoms with Gasteiger partial charge in [-0.3, -0.25) is 15.0 Å². The van der Waals surface area contributed by atoms with Gasteiger partial charge in [-0.1, -0.05) is 6.92 Å². The first kappa shape index (κ1) is 15.9. The van der Waals surface area contributed by atoms with Crippen molar-refractivity contribution in [1.82, 2.24) is 15.5 Å². The van der Waals surface area contributed by atoms with E-state index < -0.39 is 6.03 Å². The zero-order valence-electron chi connectivity index (χ0n) is 11.2. The number of amides is 3. The summed E-state index contributed by atoms with van der Waals surface area (Å²) >= 11 is 0. The maximum Gasteiger partial charge on any atom is 0.321 e. The number of likely N-dealkylation sites (N-methyl/N-ethyl adjacent to an activating group) is 1. The van der Waals surface area contributed by atoms with E-state index in [0.29, 0.717) is 13.1 Å². The Morgan fingerprint density at radius 1 is 1.29 bits per heavy atom. The second-order valence-electron chi connectivity index (χ2n) is 4.91. The van der Waals surface area contributed by atoms with E-state index >= 15 is 0 Å². The number of urea groups is 1. The third kappa shape index (κ3) is 8.65.